The van der Waals surface area contributed by atoms with Gasteiger partial charge in [-0.05, 0) is 37.3 Å². The smallest absolute Gasteiger partial charge is 0.247 e. The Bertz CT molecular complexity index is 1010. The van der Waals surface area contributed by atoms with Crippen LogP contribution in [-0.2, 0) is 14.8 Å². The van der Waals surface area contributed by atoms with E-state index < -0.39 is 22.0 Å². The molecule has 2 aromatic rings. The Morgan fingerprint density at radius 3 is 2.39 bits per heavy atom. The van der Waals surface area contributed by atoms with Crippen LogP contribution in [0.3, 0.4) is 0 Å². The molecule has 1 heterocycles. The van der Waals surface area contributed by atoms with Gasteiger partial charge >= 0.3 is 0 Å². The molecular weight excluding hydrogens is 427 g/mol. The number of benzene rings is 2. The highest BCUT2D eigenvalue weighted by molar-refractivity contribution is 7.92. The van der Waals surface area contributed by atoms with Gasteiger partial charge in [-0.25, -0.2) is 8.42 Å². The second-order valence-electron chi connectivity index (χ2n) is 6.18. The van der Waals surface area contributed by atoms with Crippen LogP contribution in [0.2, 0.25) is 10.0 Å². The second-order valence-corrected chi connectivity index (χ2v) is 8.85. The summed E-state index contributed by atoms with van der Waals surface area (Å²) in [6.07, 6.45) is 1.02. The van der Waals surface area contributed by atoms with E-state index in [1.165, 1.54) is 25.1 Å². The molecule has 1 aliphatic rings. The third kappa shape index (κ3) is 4.45. The van der Waals surface area contributed by atoms with Crippen LogP contribution in [0.4, 0.5) is 11.4 Å². The molecule has 0 aliphatic carbocycles. The minimum atomic E-state index is -3.77. The number of halogens is 2. The highest BCUT2D eigenvalue weighted by Gasteiger charge is 2.29. The number of nitrogens with zero attached hydrogens (tertiary/aromatic N) is 1. The van der Waals surface area contributed by atoms with Gasteiger partial charge in [0.05, 0.1) is 22.0 Å². The number of amides is 1. The lowest BCUT2D eigenvalue weighted by Crippen LogP contribution is -2.45. The van der Waals surface area contributed by atoms with E-state index in [2.05, 4.69) is 5.32 Å². The van der Waals surface area contributed by atoms with Crippen molar-refractivity contribution in [1.29, 1.82) is 0 Å². The number of fused-ring (bicyclic) bond motifs is 1. The molecule has 28 heavy (non-hydrogen) atoms. The first kappa shape index (κ1) is 20.6. The van der Waals surface area contributed by atoms with Crippen molar-refractivity contribution in [2.24, 2.45) is 0 Å². The molecular formula is C18H18Cl2N2O5S. The first-order valence-corrected chi connectivity index (χ1v) is 10.9. The Morgan fingerprint density at radius 2 is 1.75 bits per heavy atom. The summed E-state index contributed by atoms with van der Waals surface area (Å²) < 4.78 is 36.6. The third-order valence-corrected chi connectivity index (χ3v) is 6.04. The molecule has 10 heteroatoms. The maximum atomic E-state index is 12.7. The van der Waals surface area contributed by atoms with Gasteiger partial charge in [-0.1, -0.05) is 23.2 Å². The van der Waals surface area contributed by atoms with Gasteiger partial charge in [-0.2, -0.15) is 0 Å². The molecule has 1 atom stereocenters. The van der Waals surface area contributed by atoms with Crippen LogP contribution in [0.1, 0.15) is 6.92 Å². The Morgan fingerprint density at radius 1 is 1.07 bits per heavy atom. The number of hydrogen-bond donors (Lipinski definition) is 1. The quantitative estimate of drug-likeness (QED) is 0.761. The molecule has 0 aromatic heterocycles. The van der Waals surface area contributed by atoms with E-state index in [1.54, 1.807) is 18.2 Å². The highest BCUT2D eigenvalue weighted by atomic mass is 35.5. The molecule has 1 aliphatic heterocycles. The van der Waals surface area contributed by atoms with E-state index in [1.807, 2.05) is 0 Å². The van der Waals surface area contributed by atoms with E-state index in [0.29, 0.717) is 30.4 Å². The zero-order valence-electron chi connectivity index (χ0n) is 15.1. The number of anilines is 2. The number of carbonyl (C=O) groups excluding carboxylic acids is 1. The van der Waals surface area contributed by atoms with Gasteiger partial charge in [-0.15, -0.1) is 0 Å². The summed E-state index contributed by atoms with van der Waals surface area (Å²) in [4.78, 5) is 12.7. The molecule has 0 fully saturated rings. The second kappa shape index (κ2) is 8.06. The number of carbonyl (C=O) groups is 1. The van der Waals surface area contributed by atoms with Crippen molar-refractivity contribution in [2.45, 2.75) is 13.0 Å². The predicted octanol–water partition coefficient (Wildman–Crippen LogP) is 3.56. The van der Waals surface area contributed by atoms with Crippen LogP contribution in [-0.4, -0.2) is 39.8 Å². The van der Waals surface area contributed by atoms with Gasteiger partial charge in [0.1, 0.15) is 19.3 Å². The number of nitrogens with one attached hydrogen (secondary N) is 1. The summed E-state index contributed by atoms with van der Waals surface area (Å²) in [5.41, 5.74) is 0.699. The first-order chi connectivity index (χ1) is 13.2. The minimum Gasteiger partial charge on any atom is -0.486 e. The molecule has 0 radical (unpaired) electrons. The molecule has 2 aromatic carbocycles. The maximum Gasteiger partial charge on any atom is 0.247 e. The van der Waals surface area contributed by atoms with Crippen LogP contribution in [0.25, 0.3) is 0 Å². The monoisotopic (exact) mass is 444 g/mol. The molecule has 0 saturated carbocycles. The van der Waals surface area contributed by atoms with Gasteiger partial charge in [0, 0.05) is 11.8 Å². The average Bonchev–Trinajstić information content (AvgIpc) is 2.63. The third-order valence-electron chi connectivity index (χ3n) is 4.06. The molecule has 3 rings (SSSR count). The number of sulfonamides is 1. The van der Waals surface area contributed by atoms with E-state index in [-0.39, 0.29) is 15.7 Å². The van der Waals surface area contributed by atoms with Crippen LogP contribution in [0.5, 0.6) is 11.5 Å². The van der Waals surface area contributed by atoms with Crippen molar-refractivity contribution < 1.29 is 22.7 Å². The lowest BCUT2D eigenvalue weighted by atomic mass is 10.2. The zero-order valence-corrected chi connectivity index (χ0v) is 17.4. The summed E-state index contributed by atoms with van der Waals surface area (Å²) in [6.45, 7) is 2.36. The fourth-order valence-electron chi connectivity index (χ4n) is 2.80. The summed E-state index contributed by atoms with van der Waals surface area (Å²) in [5.74, 6) is 0.584. The Labute approximate surface area is 173 Å². The number of hydrogen-bond acceptors (Lipinski definition) is 5. The van der Waals surface area contributed by atoms with Gasteiger partial charge in [-0.3, -0.25) is 9.10 Å². The van der Waals surface area contributed by atoms with E-state index in [9.17, 15) is 13.2 Å². The molecule has 0 unspecified atom stereocenters. The van der Waals surface area contributed by atoms with Crippen molar-refractivity contribution >= 4 is 50.5 Å². The molecule has 7 nitrogen and oxygen atoms in total. The van der Waals surface area contributed by atoms with Gasteiger partial charge in [0.15, 0.2) is 11.5 Å². The molecule has 0 saturated heterocycles. The molecule has 0 spiro atoms. The lowest BCUT2D eigenvalue weighted by molar-refractivity contribution is -0.116. The predicted molar refractivity (Wildman–Crippen MR) is 109 cm³/mol. The van der Waals surface area contributed by atoms with Crippen molar-refractivity contribution in [3.63, 3.8) is 0 Å². The summed E-state index contributed by atoms with van der Waals surface area (Å²) in [7, 11) is -3.77. The molecule has 150 valence electrons. The summed E-state index contributed by atoms with van der Waals surface area (Å²) in [5, 5.41) is 3.17. The zero-order chi connectivity index (χ0) is 20.5. The van der Waals surface area contributed by atoms with Gasteiger partial charge in [0.25, 0.3) is 0 Å². The fraction of sp³-hybridized carbons (Fsp3) is 0.278. The van der Waals surface area contributed by atoms with Crippen molar-refractivity contribution in [3.8, 4) is 11.5 Å². The van der Waals surface area contributed by atoms with Crippen LogP contribution in [0, 0.1) is 0 Å². The standard InChI is InChI=1S/C18H18Cl2N2O5S/c1-11(22(28(2,24)25)13-4-5-14(19)15(20)10-13)18(23)21-12-3-6-16-17(9-12)27-8-7-26-16/h3-6,9-11H,7-8H2,1-2H3,(H,21,23)/t11-/m1/s1. The van der Waals surface area contributed by atoms with Crippen molar-refractivity contribution in [2.75, 3.05) is 29.1 Å². The van der Waals surface area contributed by atoms with Gasteiger partial charge < -0.3 is 14.8 Å². The summed E-state index contributed by atoms with van der Waals surface area (Å²) in [6, 6.07) is 8.29. The lowest BCUT2D eigenvalue weighted by Gasteiger charge is -2.28. The largest absolute Gasteiger partial charge is 0.486 e. The number of rotatable bonds is 5. The van der Waals surface area contributed by atoms with Crippen molar-refractivity contribution in [3.05, 3.63) is 46.4 Å². The SMILES string of the molecule is C[C@H](C(=O)Nc1ccc2c(c1)OCCO2)N(c1ccc(Cl)c(Cl)c1)S(C)(=O)=O. The minimum absolute atomic E-state index is 0.187. The summed E-state index contributed by atoms with van der Waals surface area (Å²) >= 11 is 11.9. The Kier molecular flexibility index (Phi) is 5.92. The fourth-order valence-corrected chi connectivity index (χ4v) is 4.26. The maximum absolute atomic E-state index is 12.7. The molecule has 0 bridgehead atoms. The topological polar surface area (TPSA) is 84.9 Å². The van der Waals surface area contributed by atoms with E-state index >= 15 is 0 Å². The molecule has 1 amide bonds. The van der Waals surface area contributed by atoms with Crippen LogP contribution < -0.4 is 19.1 Å². The highest BCUT2D eigenvalue weighted by Crippen LogP contribution is 2.33. The van der Waals surface area contributed by atoms with Crippen molar-refractivity contribution in [1.82, 2.24) is 0 Å². The number of ether oxygens (including phenoxy) is 2. The van der Waals surface area contributed by atoms with Crippen LogP contribution in [0.15, 0.2) is 36.4 Å². The van der Waals surface area contributed by atoms with Gasteiger partial charge in [0.2, 0.25) is 15.9 Å². The normalized spacial score (nSPS) is 14.3. The Balaban J connectivity index is 1.85. The first-order valence-electron chi connectivity index (χ1n) is 8.32. The van der Waals surface area contributed by atoms with E-state index in [0.717, 1.165) is 10.6 Å². The average molecular weight is 445 g/mol. The van der Waals surface area contributed by atoms with E-state index in [4.69, 9.17) is 32.7 Å². The Hall–Kier alpha value is -2.16. The molecule has 1 N–H and O–H groups in total. The van der Waals surface area contributed by atoms with Crippen LogP contribution >= 0.6 is 23.2 Å².